The summed E-state index contributed by atoms with van der Waals surface area (Å²) in [5.74, 6) is -0.722. The van der Waals surface area contributed by atoms with Gasteiger partial charge in [0.05, 0.1) is 27.3 Å². The van der Waals surface area contributed by atoms with E-state index in [-0.39, 0.29) is 26.5 Å². The number of thiophene rings is 1. The second-order valence-electron chi connectivity index (χ2n) is 7.33. The Kier molecular flexibility index (Phi) is 5.32. The highest BCUT2D eigenvalue weighted by molar-refractivity contribution is 8.00. The van der Waals surface area contributed by atoms with Crippen molar-refractivity contribution in [1.82, 2.24) is 9.55 Å². The van der Waals surface area contributed by atoms with Crippen molar-refractivity contribution in [1.29, 1.82) is 0 Å². The molecule has 10 heteroatoms. The number of halogens is 1. The molecule has 0 unspecified atom stereocenters. The topological polar surface area (TPSA) is 101 Å². The largest absolute Gasteiger partial charge is 0.365 e. The van der Waals surface area contributed by atoms with E-state index in [2.05, 4.69) is 21.4 Å². The number of nitrogens with one attached hydrogen (secondary N) is 1. The van der Waals surface area contributed by atoms with Gasteiger partial charge in [0.25, 0.3) is 11.5 Å². The Labute approximate surface area is 195 Å². The number of nitrogens with two attached hydrogens (primary N) is 1. The molecule has 2 aromatic heterocycles. The Morgan fingerprint density at radius 1 is 1.16 bits per heavy atom. The van der Waals surface area contributed by atoms with Gasteiger partial charge in [-0.2, -0.15) is 0 Å². The lowest BCUT2D eigenvalue weighted by Crippen LogP contribution is -2.34. The number of H-pyrrole nitrogens is 1. The van der Waals surface area contributed by atoms with E-state index in [1.54, 1.807) is 12.1 Å². The van der Waals surface area contributed by atoms with Gasteiger partial charge in [-0.05, 0) is 54.6 Å². The van der Waals surface area contributed by atoms with Crippen LogP contribution in [0.2, 0.25) is 5.02 Å². The van der Waals surface area contributed by atoms with E-state index in [0.717, 1.165) is 45.9 Å². The second-order valence-corrected chi connectivity index (χ2v) is 9.71. The molecule has 0 saturated heterocycles. The number of primary amides is 1. The molecule has 0 spiro atoms. The van der Waals surface area contributed by atoms with E-state index in [1.165, 1.54) is 22.9 Å². The summed E-state index contributed by atoms with van der Waals surface area (Å²) in [7, 11) is 0. The third kappa shape index (κ3) is 3.52. The van der Waals surface area contributed by atoms with Crippen molar-refractivity contribution in [2.45, 2.75) is 17.7 Å². The fourth-order valence-corrected chi connectivity index (χ4v) is 5.97. The van der Waals surface area contributed by atoms with E-state index in [9.17, 15) is 14.4 Å². The molecule has 0 saturated carbocycles. The van der Waals surface area contributed by atoms with Gasteiger partial charge in [0.2, 0.25) is 0 Å². The summed E-state index contributed by atoms with van der Waals surface area (Å²) in [6.07, 6.45) is 2.07. The van der Waals surface area contributed by atoms with E-state index in [0.29, 0.717) is 0 Å². The standard InChI is InChI=1S/C22H17ClN4O3S2/c23-14-8-7-13(32-26-9-3-5-12-4-1-2-6-16(12)26)10-17(14)27-21(29)18-15(25-22(27)30)11-31-19(18)20(24)28/h1-2,4,6-8,10-11H,3,5,9H2,(H2,24,28)(H,25,30). The van der Waals surface area contributed by atoms with Crippen molar-refractivity contribution in [3.05, 3.63) is 84.1 Å². The number of carbonyl (C=O) groups is 1. The van der Waals surface area contributed by atoms with Gasteiger partial charge in [-0.3, -0.25) is 9.59 Å². The molecule has 7 nitrogen and oxygen atoms in total. The Balaban J connectivity index is 1.61. The molecule has 0 fully saturated rings. The first kappa shape index (κ1) is 20.9. The van der Waals surface area contributed by atoms with Gasteiger partial charge in [-0.1, -0.05) is 29.8 Å². The third-order valence-electron chi connectivity index (χ3n) is 5.32. The van der Waals surface area contributed by atoms with Crippen molar-refractivity contribution >= 4 is 57.4 Å². The normalized spacial score (nSPS) is 13.3. The smallest absolute Gasteiger partial charge is 0.333 e. The zero-order chi connectivity index (χ0) is 22.4. The van der Waals surface area contributed by atoms with Crippen molar-refractivity contribution in [2.24, 2.45) is 5.73 Å². The van der Waals surface area contributed by atoms with Crippen LogP contribution in [0.25, 0.3) is 16.6 Å². The van der Waals surface area contributed by atoms with Crippen LogP contribution >= 0.6 is 34.9 Å². The van der Waals surface area contributed by atoms with Gasteiger partial charge < -0.3 is 15.0 Å². The number of nitrogens with zero attached hydrogens (tertiary/aromatic N) is 2. The predicted octanol–water partition coefficient (Wildman–Crippen LogP) is 3.95. The average Bonchev–Trinajstić information content (AvgIpc) is 3.20. The van der Waals surface area contributed by atoms with Crippen LogP contribution < -0.4 is 21.3 Å². The summed E-state index contributed by atoms with van der Waals surface area (Å²) in [4.78, 5) is 41.3. The molecular weight excluding hydrogens is 468 g/mol. The van der Waals surface area contributed by atoms with Crippen LogP contribution in [0.5, 0.6) is 0 Å². The molecule has 4 aromatic rings. The van der Waals surface area contributed by atoms with E-state index < -0.39 is 17.2 Å². The minimum atomic E-state index is -0.722. The lowest BCUT2D eigenvalue weighted by atomic mass is 10.0. The monoisotopic (exact) mass is 484 g/mol. The van der Waals surface area contributed by atoms with Crippen molar-refractivity contribution < 1.29 is 4.79 Å². The summed E-state index contributed by atoms with van der Waals surface area (Å²) in [6, 6.07) is 13.5. The molecule has 3 N–H and O–H groups in total. The van der Waals surface area contributed by atoms with Gasteiger partial charge in [0, 0.05) is 16.8 Å². The Hall–Kier alpha value is -3.01. The number of aryl methyl sites for hydroxylation is 1. The van der Waals surface area contributed by atoms with Crippen LogP contribution in [0, 0.1) is 0 Å². The number of rotatable bonds is 4. The maximum absolute atomic E-state index is 13.2. The molecule has 5 rings (SSSR count). The van der Waals surface area contributed by atoms with Gasteiger partial charge in [0.15, 0.2) is 0 Å². The highest BCUT2D eigenvalue weighted by Crippen LogP contribution is 2.36. The highest BCUT2D eigenvalue weighted by atomic mass is 35.5. The zero-order valence-electron chi connectivity index (χ0n) is 16.6. The Morgan fingerprint density at radius 3 is 2.78 bits per heavy atom. The van der Waals surface area contributed by atoms with Crippen LogP contribution in [-0.2, 0) is 6.42 Å². The highest BCUT2D eigenvalue weighted by Gasteiger charge is 2.21. The number of carbonyl (C=O) groups excluding carboxylic acids is 1. The molecule has 1 amide bonds. The van der Waals surface area contributed by atoms with Gasteiger partial charge >= 0.3 is 5.69 Å². The number of hydrogen-bond donors (Lipinski definition) is 2. The summed E-state index contributed by atoms with van der Waals surface area (Å²) in [6.45, 7) is 0.878. The quantitative estimate of drug-likeness (QED) is 0.427. The summed E-state index contributed by atoms with van der Waals surface area (Å²) in [5, 5.41) is 1.86. The van der Waals surface area contributed by atoms with Gasteiger partial charge in [-0.15, -0.1) is 11.3 Å². The van der Waals surface area contributed by atoms with E-state index in [4.69, 9.17) is 17.3 Å². The Bertz CT molecular complexity index is 1490. The molecular formula is C22H17ClN4O3S2. The van der Waals surface area contributed by atoms with E-state index in [1.807, 2.05) is 18.2 Å². The second kappa shape index (κ2) is 8.16. The SMILES string of the molecule is NC(=O)c1scc2[nH]c(=O)n(-c3cc(SN4CCCc5ccccc54)ccc3Cl)c(=O)c12. The number of para-hydroxylation sites is 1. The molecule has 2 aromatic carbocycles. The van der Waals surface area contributed by atoms with Crippen LogP contribution in [0.4, 0.5) is 5.69 Å². The van der Waals surface area contributed by atoms with Gasteiger partial charge in [-0.25, -0.2) is 9.36 Å². The fraction of sp³-hybridized carbons (Fsp3) is 0.136. The summed E-state index contributed by atoms with van der Waals surface area (Å²) < 4.78 is 3.16. The lowest BCUT2D eigenvalue weighted by Gasteiger charge is -2.30. The van der Waals surface area contributed by atoms with Crippen molar-refractivity contribution in [3.8, 4) is 5.69 Å². The third-order valence-corrected chi connectivity index (χ3v) is 7.70. The van der Waals surface area contributed by atoms with Gasteiger partial charge in [0.1, 0.15) is 4.88 Å². The predicted molar refractivity (Wildman–Crippen MR) is 130 cm³/mol. The molecule has 1 aliphatic rings. The maximum atomic E-state index is 13.2. The maximum Gasteiger partial charge on any atom is 0.333 e. The molecule has 0 atom stereocenters. The van der Waals surface area contributed by atoms with Crippen LogP contribution in [0.3, 0.4) is 0 Å². The van der Waals surface area contributed by atoms with Crippen LogP contribution in [-0.4, -0.2) is 22.0 Å². The number of anilines is 1. The first-order valence-corrected chi connectivity index (χ1v) is 11.9. The minimum absolute atomic E-state index is 0.0844. The van der Waals surface area contributed by atoms with Crippen LogP contribution in [0.1, 0.15) is 21.7 Å². The molecule has 0 radical (unpaired) electrons. The first-order chi connectivity index (χ1) is 15.4. The average molecular weight is 485 g/mol. The zero-order valence-corrected chi connectivity index (χ0v) is 19.0. The number of fused-ring (bicyclic) bond motifs is 2. The molecule has 1 aliphatic heterocycles. The molecule has 0 bridgehead atoms. The molecule has 3 heterocycles. The van der Waals surface area contributed by atoms with E-state index >= 15 is 0 Å². The Morgan fingerprint density at radius 2 is 1.97 bits per heavy atom. The first-order valence-electron chi connectivity index (χ1n) is 9.83. The summed E-state index contributed by atoms with van der Waals surface area (Å²) in [5.41, 5.74) is 7.11. The lowest BCUT2D eigenvalue weighted by molar-refractivity contribution is 0.101. The molecule has 162 valence electrons. The van der Waals surface area contributed by atoms with Crippen molar-refractivity contribution in [3.63, 3.8) is 0 Å². The molecule has 32 heavy (non-hydrogen) atoms. The summed E-state index contributed by atoms with van der Waals surface area (Å²) >= 11 is 8.95. The number of aromatic nitrogens is 2. The number of hydrogen-bond acceptors (Lipinski definition) is 6. The molecule has 0 aliphatic carbocycles. The number of amides is 1. The number of benzene rings is 2. The van der Waals surface area contributed by atoms with Crippen LogP contribution in [0.15, 0.2) is 62.3 Å². The minimum Gasteiger partial charge on any atom is -0.365 e. The van der Waals surface area contributed by atoms with Crippen molar-refractivity contribution in [2.75, 3.05) is 10.8 Å². The number of aromatic amines is 1. The fourth-order valence-electron chi connectivity index (χ4n) is 3.88.